The highest BCUT2D eigenvalue weighted by Gasteiger charge is 2.12. The van der Waals surface area contributed by atoms with Crippen LogP contribution in [0, 0.1) is 23.7 Å². The molecule has 0 fully saturated rings. The molecule has 2 nitrogen and oxygen atoms in total. The van der Waals surface area contributed by atoms with Crippen LogP contribution in [0.2, 0.25) is 0 Å². The standard InChI is InChI=1S/C37H42O2S3/c1-3-5-6-12-15-18-29-20-22-30(23-21-29)24-25-32-28-34-37(41-32)36-33(42-34)27-31(40-36)19-16-13-10-8-7-9-11-14-17-26-39-35(38)4-2/h4,20-23,27-28H,2-3,5-15,17-18,26H2,1H3. The summed E-state index contributed by atoms with van der Waals surface area (Å²) in [5.41, 5.74) is 2.51. The summed E-state index contributed by atoms with van der Waals surface area (Å²) in [6.07, 6.45) is 18.1. The first-order valence-corrected chi connectivity index (χ1v) is 18.0. The zero-order valence-electron chi connectivity index (χ0n) is 24.9. The molecule has 0 bridgehead atoms. The van der Waals surface area contributed by atoms with Gasteiger partial charge >= 0.3 is 5.97 Å². The number of esters is 1. The Morgan fingerprint density at radius 3 is 2.07 bits per heavy atom. The minimum Gasteiger partial charge on any atom is -0.463 e. The molecule has 3 heterocycles. The summed E-state index contributed by atoms with van der Waals surface area (Å²) < 4.78 is 10.4. The number of unbranched alkanes of at least 4 members (excludes halogenated alkanes) is 11. The lowest BCUT2D eigenvalue weighted by Crippen LogP contribution is -2.01. The van der Waals surface area contributed by atoms with Gasteiger partial charge in [0.1, 0.15) is 0 Å². The molecule has 0 aliphatic heterocycles. The van der Waals surface area contributed by atoms with Crippen molar-refractivity contribution in [2.45, 2.75) is 96.8 Å². The van der Waals surface area contributed by atoms with Gasteiger partial charge in [-0.25, -0.2) is 4.79 Å². The van der Waals surface area contributed by atoms with Crippen LogP contribution in [0.3, 0.4) is 0 Å². The molecule has 4 rings (SSSR count). The van der Waals surface area contributed by atoms with Gasteiger partial charge in [-0.05, 0) is 55.5 Å². The summed E-state index contributed by atoms with van der Waals surface area (Å²) in [5, 5.41) is 0. The van der Waals surface area contributed by atoms with Gasteiger partial charge in [0, 0.05) is 27.5 Å². The van der Waals surface area contributed by atoms with Gasteiger partial charge in [-0.2, -0.15) is 0 Å². The number of carbonyl (C=O) groups excluding carboxylic acids is 1. The summed E-state index contributed by atoms with van der Waals surface area (Å²) in [4.78, 5) is 13.3. The van der Waals surface area contributed by atoms with Crippen molar-refractivity contribution in [2.24, 2.45) is 0 Å². The molecule has 0 aliphatic rings. The molecule has 220 valence electrons. The van der Waals surface area contributed by atoms with Crippen LogP contribution in [0.5, 0.6) is 0 Å². The number of thiophene rings is 3. The van der Waals surface area contributed by atoms with E-state index in [1.54, 1.807) is 0 Å². The van der Waals surface area contributed by atoms with Crippen LogP contribution < -0.4 is 0 Å². The van der Waals surface area contributed by atoms with Crippen LogP contribution in [-0.2, 0) is 16.0 Å². The first kappa shape index (κ1) is 32.1. The highest BCUT2D eigenvalue weighted by Crippen LogP contribution is 2.43. The number of rotatable bonds is 16. The molecule has 42 heavy (non-hydrogen) atoms. The van der Waals surface area contributed by atoms with Crippen molar-refractivity contribution in [2.75, 3.05) is 6.61 Å². The smallest absolute Gasteiger partial charge is 0.330 e. The molecule has 0 atom stereocenters. The van der Waals surface area contributed by atoms with Gasteiger partial charge in [-0.3, -0.25) is 0 Å². The van der Waals surface area contributed by atoms with Gasteiger partial charge in [0.25, 0.3) is 0 Å². The average molecular weight is 615 g/mol. The zero-order chi connectivity index (χ0) is 29.4. The first-order valence-electron chi connectivity index (χ1n) is 15.5. The van der Waals surface area contributed by atoms with Gasteiger partial charge in [-0.1, -0.05) is 107 Å². The minimum absolute atomic E-state index is 0.326. The van der Waals surface area contributed by atoms with Crippen LogP contribution in [0.4, 0.5) is 0 Å². The molecule has 0 aliphatic carbocycles. The summed E-state index contributed by atoms with van der Waals surface area (Å²) in [6.45, 7) is 6.17. The number of ether oxygens (including phenoxy) is 1. The van der Waals surface area contributed by atoms with Crippen LogP contribution >= 0.6 is 34.0 Å². The molecule has 5 heteroatoms. The quantitative estimate of drug-likeness (QED) is 0.0543. The predicted octanol–water partition coefficient (Wildman–Crippen LogP) is 11.3. The fourth-order valence-corrected chi connectivity index (χ4v) is 8.61. The summed E-state index contributed by atoms with van der Waals surface area (Å²) >= 11 is 5.49. The van der Waals surface area contributed by atoms with Gasteiger partial charge in [0.05, 0.1) is 25.8 Å². The van der Waals surface area contributed by atoms with Crippen molar-refractivity contribution in [3.05, 3.63) is 69.9 Å². The first-order chi connectivity index (χ1) is 20.7. The fourth-order valence-electron chi connectivity index (χ4n) is 4.86. The number of hydrogen-bond donors (Lipinski definition) is 0. The third-order valence-electron chi connectivity index (χ3n) is 7.24. The van der Waals surface area contributed by atoms with E-state index < -0.39 is 0 Å². The molecule has 3 aromatic heterocycles. The van der Waals surface area contributed by atoms with Crippen LogP contribution in [0.1, 0.15) is 111 Å². The molecule has 4 aromatic rings. The second-order valence-electron chi connectivity index (χ2n) is 10.7. The van der Waals surface area contributed by atoms with Crippen molar-refractivity contribution in [1.29, 1.82) is 0 Å². The normalized spacial score (nSPS) is 10.8. The minimum atomic E-state index is -0.326. The lowest BCUT2D eigenvalue weighted by molar-refractivity contribution is -0.137. The average Bonchev–Trinajstić information content (AvgIpc) is 3.67. The fraction of sp³-hybridized carbons (Fsp3) is 0.432. The van der Waals surface area contributed by atoms with Gasteiger partial charge in [0.2, 0.25) is 0 Å². The number of benzene rings is 1. The van der Waals surface area contributed by atoms with E-state index in [0.717, 1.165) is 36.1 Å². The lowest BCUT2D eigenvalue weighted by Gasteiger charge is -2.02. The Balaban J connectivity index is 1.19. The molecule has 0 saturated heterocycles. The van der Waals surface area contributed by atoms with Crippen molar-refractivity contribution < 1.29 is 9.53 Å². The largest absolute Gasteiger partial charge is 0.463 e. The number of aryl methyl sites for hydroxylation is 1. The van der Waals surface area contributed by atoms with Gasteiger partial charge in [0.15, 0.2) is 0 Å². The highest BCUT2D eigenvalue weighted by molar-refractivity contribution is 7.38. The van der Waals surface area contributed by atoms with Crippen molar-refractivity contribution in [3.8, 4) is 23.7 Å². The Bertz CT molecular complexity index is 1540. The Morgan fingerprint density at radius 1 is 0.762 bits per heavy atom. The topological polar surface area (TPSA) is 26.3 Å². The molecule has 0 radical (unpaired) electrons. The number of carbonyl (C=O) groups is 1. The Labute approximate surface area is 264 Å². The molecular weight excluding hydrogens is 573 g/mol. The molecule has 0 unspecified atom stereocenters. The van der Waals surface area contributed by atoms with E-state index in [1.165, 1.54) is 99.5 Å². The lowest BCUT2D eigenvalue weighted by atomic mass is 10.0. The Morgan fingerprint density at radius 2 is 1.38 bits per heavy atom. The molecule has 0 saturated carbocycles. The second kappa shape index (κ2) is 18.0. The van der Waals surface area contributed by atoms with Crippen molar-refractivity contribution >= 4 is 58.8 Å². The molecule has 1 aromatic carbocycles. The van der Waals surface area contributed by atoms with Crippen LogP contribution in [-0.4, -0.2) is 12.6 Å². The van der Waals surface area contributed by atoms with Crippen molar-refractivity contribution in [1.82, 2.24) is 0 Å². The predicted molar refractivity (Wildman–Crippen MR) is 185 cm³/mol. The van der Waals surface area contributed by atoms with E-state index in [-0.39, 0.29) is 5.97 Å². The van der Waals surface area contributed by atoms with E-state index in [4.69, 9.17) is 4.74 Å². The molecule has 0 amide bonds. The maximum atomic E-state index is 11.0. The van der Waals surface area contributed by atoms with Crippen LogP contribution in [0.25, 0.3) is 18.8 Å². The number of fused-ring (bicyclic) bond motifs is 3. The van der Waals surface area contributed by atoms with Gasteiger partial charge in [-0.15, -0.1) is 34.0 Å². The van der Waals surface area contributed by atoms with Crippen molar-refractivity contribution in [3.63, 3.8) is 0 Å². The second-order valence-corrected chi connectivity index (χ2v) is 13.9. The Hall–Kier alpha value is -2.83. The zero-order valence-corrected chi connectivity index (χ0v) is 27.3. The SMILES string of the molecule is C=CC(=O)OCCCCCCCCCC#Cc1cc2sc3cc(C#Cc4ccc(CCCCCCC)cc4)sc3c2s1. The third-order valence-corrected chi connectivity index (χ3v) is 10.9. The third kappa shape index (κ3) is 10.5. The monoisotopic (exact) mass is 614 g/mol. The van der Waals surface area contributed by atoms with E-state index in [9.17, 15) is 4.79 Å². The maximum absolute atomic E-state index is 11.0. The van der Waals surface area contributed by atoms with E-state index in [1.807, 2.05) is 34.0 Å². The summed E-state index contributed by atoms with van der Waals surface area (Å²) in [7, 11) is 0. The summed E-state index contributed by atoms with van der Waals surface area (Å²) in [6, 6.07) is 13.3. The van der Waals surface area contributed by atoms with Gasteiger partial charge < -0.3 is 4.74 Å². The molecule has 0 spiro atoms. The van der Waals surface area contributed by atoms with E-state index in [2.05, 4.69) is 73.6 Å². The Kier molecular flexibility index (Phi) is 13.7. The highest BCUT2D eigenvalue weighted by atomic mass is 32.1. The molecule has 0 N–H and O–H groups in total. The van der Waals surface area contributed by atoms with Crippen LogP contribution in [0.15, 0.2) is 49.1 Å². The van der Waals surface area contributed by atoms with E-state index >= 15 is 0 Å². The molecular formula is C37H42O2S3. The van der Waals surface area contributed by atoms with E-state index in [0.29, 0.717) is 6.61 Å². The maximum Gasteiger partial charge on any atom is 0.330 e. The summed E-state index contributed by atoms with van der Waals surface area (Å²) in [5.74, 6) is 13.3. The number of hydrogen-bond acceptors (Lipinski definition) is 5.